The molecule has 2 aromatic rings. The van der Waals surface area contributed by atoms with Crippen molar-refractivity contribution in [2.24, 2.45) is 0 Å². The van der Waals surface area contributed by atoms with Crippen molar-refractivity contribution in [1.82, 2.24) is 10.3 Å². The van der Waals surface area contributed by atoms with Gasteiger partial charge in [0.05, 0.1) is 5.75 Å². The first-order valence-corrected chi connectivity index (χ1v) is 8.60. The van der Waals surface area contributed by atoms with Gasteiger partial charge in [-0.25, -0.2) is 0 Å². The highest BCUT2D eigenvalue weighted by atomic mass is 32.2. The van der Waals surface area contributed by atoms with Crippen LogP contribution in [0.4, 0.5) is 0 Å². The highest BCUT2D eigenvalue weighted by molar-refractivity contribution is 7.99. The summed E-state index contributed by atoms with van der Waals surface area (Å²) < 4.78 is 0. The first-order chi connectivity index (χ1) is 11.1. The fourth-order valence-corrected chi connectivity index (χ4v) is 2.70. The van der Waals surface area contributed by atoms with Crippen LogP contribution in [0.15, 0.2) is 42.5 Å². The van der Waals surface area contributed by atoms with Crippen molar-refractivity contribution in [2.45, 2.75) is 12.8 Å². The van der Waals surface area contributed by atoms with Crippen LogP contribution >= 0.6 is 11.8 Å². The number of rotatable bonds is 9. The first-order valence-electron chi connectivity index (χ1n) is 7.44. The number of amides is 1. The molecule has 1 aromatic heterocycles. The molecule has 1 amide bonds. The molecule has 0 saturated carbocycles. The van der Waals surface area contributed by atoms with Gasteiger partial charge in [0.2, 0.25) is 5.91 Å². The van der Waals surface area contributed by atoms with Gasteiger partial charge < -0.3 is 15.4 Å². The quantitative estimate of drug-likeness (QED) is 0.616. The van der Waals surface area contributed by atoms with Crippen molar-refractivity contribution in [3.8, 4) is 11.3 Å². The van der Waals surface area contributed by atoms with Crippen LogP contribution in [0.1, 0.15) is 12.1 Å². The third-order valence-electron chi connectivity index (χ3n) is 3.25. The van der Waals surface area contributed by atoms with E-state index < -0.39 is 5.97 Å². The number of nitrogens with one attached hydrogen (secondary N) is 2. The molecule has 3 N–H and O–H groups in total. The Morgan fingerprint density at radius 1 is 1.13 bits per heavy atom. The summed E-state index contributed by atoms with van der Waals surface area (Å²) in [7, 11) is 0. The van der Waals surface area contributed by atoms with E-state index in [0.717, 1.165) is 17.0 Å². The third-order valence-corrected chi connectivity index (χ3v) is 4.19. The Kier molecular flexibility index (Phi) is 6.75. The van der Waals surface area contributed by atoms with Gasteiger partial charge in [-0.3, -0.25) is 9.59 Å². The van der Waals surface area contributed by atoms with Crippen molar-refractivity contribution >= 4 is 23.6 Å². The molecule has 1 aromatic carbocycles. The summed E-state index contributed by atoms with van der Waals surface area (Å²) in [6.45, 7) is 0.497. The van der Waals surface area contributed by atoms with Crippen LogP contribution in [0.3, 0.4) is 0 Å². The SMILES string of the molecule is O=C(O)CSCCNC(=O)CCc1ccc(-c2ccccc2)[nH]1. The average molecular weight is 332 g/mol. The number of aromatic nitrogens is 1. The number of hydrogen-bond acceptors (Lipinski definition) is 3. The van der Waals surface area contributed by atoms with Gasteiger partial charge in [0.25, 0.3) is 0 Å². The predicted molar refractivity (Wildman–Crippen MR) is 92.5 cm³/mol. The van der Waals surface area contributed by atoms with E-state index in [0.29, 0.717) is 25.1 Å². The number of carboxylic acids is 1. The van der Waals surface area contributed by atoms with Gasteiger partial charge in [0, 0.05) is 30.1 Å². The van der Waals surface area contributed by atoms with Crippen LogP contribution < -0.4 is 5.32 Å². The molecule has 0 unspecified atom stereocenters. The molecule has 2 rings (SSSR count). The summed E-state index contributed by atoms with van der Waals surface area (Å²) in [5.74, 6) is -0.168. The molecule has 0 aliphatic rings. The monoisotopic (exact) mass is 332 g/mol. The van der Waals surface area contributed by atoms with E-state index in [-0.39, 0.29) is 11.7 Å². The molecule has 0 aliphatic heterocycles. The van der Waals surface area contributed by atoms with Gasteiger partial charge in [-0.2, -0.15) is 0 Å². The van der Waals surface area contributed by atoms with Crippen molar-refractivity contribution in [3.63, 3.8) is 0 Å². The van der Waals surface area contributed by atoms with Crippen LogP contribution in [0, 0.1) is 0 Å². The van der Waals surface area contributed by atoms with E-state index in [4.69, 9.17) is 5.11 Å². The smallest absolute Gasteiger partial charge is 0.313 e. The minimum absolute atomic E-state index is 0.0169. The molecular formula is C17H20N2O3S. The number of benzene rings is 1. The minimum Gasteiger partial charge on any atom is -0.481 e. The summed E-state index contributed by atoms with van der Waals surface area (Å²) in [5.41, 5.74) is 3.20. The van der Waals surface area contributed by atoms with E-state index >= 15 is 0 Å². The average Bonchev–Trinajstić information content (AvgIpc) is 3.02. The maximum absolute atomic E-state index is 11.7. The predicted octanol–water partition coefficient (Wildman–Crippen LogP) is 2.55. The third kappa shape index (κ3) is 6.20. The summed E-state index contributed by atoms with van der Waals surface area (Å²) in [6, 6.07) is 14.1. The number of aryl methyl sites for hydroxylation is 1. The molecule has 6 heteroatoms. The molecule has 0 atom stereocenters. The Labute approximate surface area is 139 Å². The number of aliphatic carboxylic acids is 1. The van der Waals surface area contributed by atoms with Crippen molar-refractivity contribution in [2.75, 3.05) is 18.1 Å². The summed E-state index contributed by atoms with van der Waals surface area (Å²) in [5, 5.41) is 11.3. The second-order valence-corrected chi connectivity index (χ2v) is 6.16. The lowest BCUT2D eigenvalue weighted by Gasteiger charge is -2.04. The molecule has 0 fully saturated rings. The molecule has 122 valence electrons. The van der Waals surface area contributed by atoms with Gasteiger partial charge in [-0.1, -0.05) is 30.3 Å². The number of carbonyl (C=O) groups excluding carboxylic acids is 1. The van der Waals surface area contributed by atoms with Gasteiger partial charge in [0.1, 0.15) is 0 Å². The fourth-order valence-electron chi connectivity index (χ4n) is 2.13. The second kappa shape index (κ2) is 9.05. The first kappa shape index (κ1) is 17.1. The largest absolute Gasteiger partial charge is 0.481 e. The van der Waals surface area contributed by atoms with Gasteiger partial charge in [0.15, 0.2) is 0 Å². The summed E-state index contributed by atoms with van der Waals surface area (Å²) in [6.07, 6.45) is 1.07. The normalized spacial score (nSPS) is 10.4. The molecule has 0 saturated heterocycles. The van der Waals surface area contributed by atoms with E-state index in [1.807, 2.05) is 42.5 Å². The van der Waals surface area contributed by atoms with Gasteiger partial charge in [-0.15, -0.1) is 11.8 Å². The van der Waals surface area contributed by atoms with Gasteiger partial charge >= 0.3 is 5.97 Å². The summed E-state index contributed by atoms with van der Waals surface area (Å²) in [4.78, 5) is 25.4. The van der Waals surface area contributed by atoms with Crippen molar-refractivity contribution < 1.29 is 14.7 Å². The Morgan fingerprint density at radius 2 is 1.91 bits per heavy atom. The molecule has 0 bridgehead atoms. The standard InChI is InChI=1S/C17H20N2O3S/c20-16(18-10-11-23-12-17(21)22)9-7-14-6-8-15(19-14)13-4-2-1-3-5-13/h1-6,8,19H,7,9-12H2,(H,18,20)(H,21,22). The Bertz CT molecular complexity index is 640. The zero-order valence-corrected chi connectivity index (χ0v) is 13.6. The highest BCUT2D eigenvalue weighted by Crippen LogP contribution is 2.18. The number of thioether (sulfide) groups is 1. The molecular weight excluding hydrogens is 312 g/mol. The molecule has 0 radical (unpaired) electrons. The fraction of sp³-hybridized carbons (Fsp3) is 0.294. The molecule has 23 heavy (non-hydrogen) atoms. The molecule has 5 nitrogen and oxygen atoms in total. The lowest BCUT2D eigenvalue weighted by molar-refractivity contribution is -0.133. The minimum atomic E-state index is -0.831. The zero-order chi connectivity index (χ0) is 16.5. The van der Waals surface area contributed by atoms with Gasteiger partial charge in [-0.05, 0) is 24.1 Å². The molecule has 1 heterocycles. The van der Waals surface area contributed by atoms with E-state index in [9.17, 15) is 9.59 Å². The Balaban J connectivity index is 1.69. The maximum Gasteiger partial charge on any atom is 0.313 e. The second-order valence-electron chi connectivity index (χ2n) is 5.06. The number of carboxylic acid groups (broad SMARTS) is 1. The Hall–Kier alpha value is -2.21. The van der Waals surface area contributed by atoms with E-state index in [1.54, 1.807) is 0 Å². The topological polar surface area (TPSA) is 82.2 Å². The number of H-pyrrole nitrogens is 1. The lowest BCUT2D eigenvalue weighted by Crippen LogP contribution is -2.26. The van der Waals surface area contributed by atoms with Crippen molar-refractivity contribution in [3.05, 3.63) is 48.2 Å². The lowest BCUT2D eigenvalue weighted by atomic mass is 10.2. The van der Waals surface area contributed by atoms with Crippen LogP contribution in [0.5, 0.6) is 0 Å². The van der Waals surface area contributed by atoms with Crippen LogP contribution in [-0.4, -0.2) is 40.0 Å². The Morgan fingerprint density at radius 3 is 2.65 bits per heavy atom. The van der Waals surface area contributed by atoms with Crippen LogP contribution in [0.2, 0.25) is 0 Å². The maximum atomic E-state index is 11.7. The number of aromatic amines is 1. The summed E-state index contributed by atoms with van der Waals surface area (Å²) >= 11 is 1.30. The van der Waals surface area contributed by atoms with E-state index in [2.05, 4.69) is 10.3 Å². The zero-order valence-electron chi connectivity index (χ0n) is 12.7. The van der Waals surface area contributed by atoms with E-state index in [1.165, 1.54) is 11.8 Å². The number of carbonyl (C=O) groups is 2. The van der Waals surface area contributed by atoms with Crippen LogP contribution in [-0.2, 0) is 16.0 Å². The number of hydrogen-bond donors (Lipinski definition) is 3. The van der Waals surface area contributed by atoms with Crippen molar-refractivity contribution in [1.29, 1.82) is 0 Å². The molecule has 0 aliphatic carbocycles. The van der Waals surface area contributed by atoms with Crippen LogP contribution in [0.25, 0.3) is 11.3 Å². The molecule has 0 spiro atoms. The highest BCUT2D eigenvalue weighted by Gasteiger charge is 2.05.